The molecule has 64 valence electrons. The molecule has 0 N–H and O–H groups in total. The van der Waals surface area contributed by atoms with Crippen LogP contribution in [-0.2, 0) is 0 Å². The lowest BCUT2D eigenvalue weighted by atomic mass is 10.0. The smallest absolute Gasteiger partial charge is 0.00147 e. The molecule has 0 radical (unpaired) electrons. The molecule has 0 spiro atoms. The first-order valence-corrected chi connectivity index (χ1v) is 5.09. The van der Waals surface area contributed by atoms with Crippen molar-refractivity contribution in [3.8, 4) is 0 Å². The second-order valence-electron chi connectivity index (χ2n) is 2.86. The molecule has 1 heteroatoms. The van der Waals surface area contributed by atoms with Crippen LogP contribution in [0.15, 0.2) is 53.7 Å². The molecule has 0 bridgehead atoms. The second-order valence-corrected chi connectivity index (χ2v) is 3.64. The molecule has 2 rings (SSSR count). The number of hydrogen-bond donors (Lipinski definition) is 0. The van der Waals surface area contributed by atoms with Crippen molar-refractivity contribution < 1.29 is 0 Å². The molecule has 0 aliphatic carbocycles. The quantitative estimate of drug-likeness (QED) is 0.669. The Morgan fingerprint density at radius 2 is 1.77 bits per heavy atom. The Labute approximate surface area is 82.2 Å². The van der Waals surface area contributed by atoms with Crippen LogP contribution in [0.4, 0.5) is 0 Å². The lowest BCUT2D eigenvalue weighted by Crippen LogP contribution is -1.81. The summed E-state index contributed by atoms with van der Waals surface area (Å²) in [7, 11) is 0. The highest BCUT2D eigenvalue weighted by Gasteiger charge is 2.00. The SMILES string of the molecule is C=C(c1ccccc1)c1ccsc1. The van der Waals surface area contributed by atoms with Gasteiger partial charge in [-0.25, -0.2) is 0 Å². The molecular weight excluding hydrogens is 176 g/mol. The number of thiophene rings is 1. The first kappa shape index (κ1) is 8.27. The van der Waals surface area contributed by atoms with E-state index in [9.17, 15) is 0 Å². The molecule has 0 aliphatic rings. The van der Waals surface area contributed by atoms with E-state index in [4.69, 9.17) is 0 Å². The van der Waals surface area contributed by atoms with Crippen LogP contribution in [0, 0.1) is 0 Å². The number of benzene rings is 1. The average Bonchev–Trinajstić information content (AvgIpc) is 2.71. The van der Waals surface area contributed by atoms with Gasteiger partial charge >= 0.3 is 0 Å². The van der Waals surface area contributed by atoms with Crippen LogP contribution in [0.2, 0.25) is 0 Å². The van der Waals surface area contributed by atoms with Gasteiger partial charge in [0.05, 0.1) is 0 Å². The third-order valence-electron chi connectivity index (χ3n) is 1.99. The van der Waals surface area contributed by atoms with Crippen LogP contribution in [0.5, 0.6) is 0 Å². The van der Waals surface area contributed by atoms with E-state index in [0.29, 0.717) is 0 Å². The molecule has 0 saturated carbocycles. The molecule has 0 nitrogen and oxygen atoms in total. The molecule has 2 aromatic rings. The van der Waals surface area contributed by atoms with Crippen LogP contribution >= 0.6 is 11.3 Å². The second kappa shape index (κ2) is 3.58. The summed E-state index contributed by atoms with van der Waals surface area (Å²) in [6.45, 7) is 4.07. The topological polar surface area (TPSA) is 0 Å². The van der Waals surface area contributed by atoms with Crippen molar-refractivity contribution in [2.24, 2.45) is 0 Å². The summed E-state index contributed by atoms with van der Waals surface area (Å²) in [5, 5.41) is 4.19. The third kappa shape index (κ3) is 1.70. The Kier molecular flexibility index (Phi) is 2.28. The Hall–Kier alpha value is -1.34. The van der Waals surface area contributed by atoms with E-state index in [1.54, 1.807) is 11.3 Å². The summed E-state index contributed by atoms with van der Waals surface area (Å²) in [5.74, 6) is 0. The summed E-state index contributed by atoms with van der Waals surface area (Å²) in [6.07, 6.45) is 0. The van der Waals surface area contributed by atoms with Crippen molar-refractivity contribution in [1.29, 1.82) is 0 Å². The summed E-state index contributed by atoms with van der Waals surface area (Å²) in [5.41, 5.74) is 3.51. The molecule has 1 aromatic carbocycles. The van der Waals surface area contributed by atoms with Crippen molar-refractivity contribution in [3.05, 3.63) is 64.9 Å². The van der Waals surface area contributed by atoms with Gasteiger partial charge in [0.25, 0.3) is 0 Å². The third-order valence-corrected chi connectivity index (χ3v) is 2.68. The van der Waals surface area contributed by atoms with Crippen molar-refractivity contribution in [3.63, 3.8) is 0 Å². The summed E-state index contributed by atoms with van der Waals surface area (Å²) < 4.78 is 0. The first-order chi connectivity index (χ1) is 6.38. The first-order valence-electron chi connectivity index (χ1n) is 4.15. The van der Waals surface area contributed by atoms with E-state index in [-0.39, 0.29) is 0 Å². The minimum Gasteiger partial charge on any atom is -0.152 e. The molecule has 0 atom stereocenters. The van der Waals surface area contributed by atoms with E-state index >= 15 is 0 Å². The minimum atomic E-state index is 1.10. The fourth-order valence-corrected chi connectivity index (χ4v) is 1.91. The fraction of sp³-hybridized carbons (Fsp3) is 0. The fourth-order valence-electron chi connectivity index (χ4n) is 1.24. The molecule has 0 fully saturated rings. The Morgan fingerprint density at radius 3 is 2.38 bits per heavy atom. The summed E-state index contributed by atoms with van der Waals surface area (Å²) >= 11 is 1.70. The van der Waals surface area contributed by atoms with Gasteiger partial charge in [0, 0.05) is 0 Å². The molecule has 1 heterocycles. The normalized spacial score (nSPS) is 9.85. The summed E-state index contributed by atoms with van der Waals surface area (Å²) in [4.78, 5) is 0. The number of rotatable bonds is 2. The Balaban J connectivity index is 2.34. The Morgan fingerprint density at radius 1 is 1.00 bits per heavy atom. The molecule has 0 unspecified atom stereocenters. The molecule has 0 saturated heterocycles. The highest BCUT2D eigenvalue weighted by Crippen LogP contribution is 2.22. The van der Waals surface area contributed by atoms with Crippen molar-refractivity contribution >= 4 is 16.9 Å². The predicted octanol–water partition coefficient (Wildman–Crippen LogP) is 3.81. The molecular formula is C12H10S. The van der Waals surface area contributed by atoms with Crippen LogP contribution in [0.25, 0.3) is 5.57 Å². The Bertz CT molecular complexity index is 384. The highest BCUT2D eigenvalue weighted by atomic mass is 32.1. The van der Waals surface area contributed by atoms with Crippen LogP contribution in [0.3, 0.4) is 0 Å². The molecule has 1 aromatic heterocycles. The van der Waals surface area contributed by atoms with E-state index in [1.807, 2.05) is 18.2 Å². The van der Waals surface area contributed by atoms with Gasteiger partial charge < -0.3 is 0 Å². The van der Waals surface area contributed by atoms with Crippen LogP contribution in [-0.4, -0.2) is 0 Å². The van der Waals surface area contributed by atoms with E-state index in [2.05, 4.69) is 35.5 Å². The molecule has 13 heavy (non-hydrogen) atoms. The van der Waals surface area contributed by atoms with Gasteiger partial charge in [0.1, 0.15) is 0 Å². The van der Waals surface area contributed by atoms with Crippen LogP contribution in [0.1, 0.15) is 11.1 Å². The van der Waals surface area contributed by atoms with Gasteiger partial charge in [-0.2, -0.15) is 11.3 Å². The maximum absolute atomic E-state index is 4.07. The zero-order valence-corrected chi connectivity index (χ0v) is 8.05. The van der Waals surface area contributed by atoms with Gasteiger partial charge in [-0.15, -0.1) is 0 Å². The van der Waals surface area contributed by atoms with Gasteiger partial charge in [0.2, 0.25) is 0 Å². The molecule has 0 aliphatic heterocycles. The van der Waals surface area contributed by atoms with Crippen molar-refractivity contribution in [2.45, 2.75) is 0 Å². The monoisotopic (exact) mass is 186 g/mol. The van der Waals surface area contributed by atoms with E-state index in [0.717, 1.165) is 5.57 Å². The zero-order chi connectivity index (χ0) is 9.10. The predicted molar refractivity (Wildman–Crippen MR) is 58.9 cm³/mol. The molecule has 0 amide bonds. The maximum atomic E-state index is 4.07. The van der Waals surface area contributed by atoms with Gasteiger partial charge in [-0.3, -0.25) is 0 Å². The van der Waals surface area contributed by atoms with Crippen LogP contribution < -0.4 is 0 Å². The maximum Gasteiger partial charge on any atom is -0.00147 e. The number of hydrogen-bond acceptors (Lipinski definition) is 1. The van der Waals surface area contributed by atoms with E-state index in [1.165, 1.54) is 11.1 Å². The van der Waals surface area contributed by atoms with Crippen molar-refractivity contribution in [2.75, 3.05) is 0 Å². The van der Waals surface area contributed by atoms with E-state index < -0.39 is 0 Å². The minimum absolute atomic E-state index is 1.10. The van der Waals surface area contributed by atoms with Gasteiger partial charge in [-0.1, -0.05) is 36.9 Å². The standard InChI is InChI=1S/C12H10S/c1-10(12-7-8-13-9-12)11-5-3-2-4-6-11/h2-9H,1H2. The largest absolute Gasteiger partial charge is 0.152 e. The lowest BCUT2D eigenvalue weighted by Gasteiger charge is -2.01. The van der Waals surface area contributed by atoms with Gasteiger partial charge in [0.15, 0.2) is 0 Å². The average molecular weight is 186 g/mol. The summed E-state index contributed by atoms with van der Waals surface area (Å²) in [6, 6.07) is 12.4. The zero-order valence-electron chi connectivity index (χ0n) is 7.23. The lowest BCUT2D eigenvalue weighted by molar-refractivity contribution is 1.60. The van der Waals surface area contributed by atoms with Crippen molar-refractivity contribution in [1.82, 2.24) is 0 Å². The highest BCUT2D eigenvalue weighted by molar-refractivity contribution is 7.08. The van der Waals surface area contributed by atoms with Gasteiger partial charge in [-0.05, 0) is 33.5 Å².